The van der Waals surface area contributed by atoms with Crippen molar-refractivity contribution >= 4 is 0 Å². The summed E-state index contributed by atoms with van der Waals surface area (Å²) in [5, 5.41) is 3.67. The fourth-order valence-corrected chi connectivity index (χ4v) is 2.40. The molecular weight excluding hydrogens is 182 g/mol. The van der Waals surface area contributed by atoms with Gasteiger partial charge in [0.15, 0.2) is 0 Å². The largest absolute Gasteiger partial charge is 0.312 e. The Balaban J connectivity index is 1.87. The summed E-state index contributed by atoms with van der Waals surface area (Å²) in [5.41, 5.74) is 1.85. The maximum Gasteiger partial charge on any atom is 0.0156 e. The molecule has 82 valence electrons. The van der Waals surface area contributed by atoms with E-state index in [4.69, 9.17) is 0 Å². The predicted octanol–water partition coefficient (Wildman–Crippen LogP) is 3.15. The number of hydrogen-bond acceptors (Lipinski definition) is 1. The van der Waals surface area contributed by atoms with Crippen molar-refractivity contribution in [2.75, 3.05) is 6.54 Å². The molecule has 1 atom stereocenters. The Morgan fingerprint density at radius 2 is 2.00 bits per heavy atom. The SMILES string of the molecule is CC1(CCc2ccccc2)CCCCN1. The van der Waals surface area contributed by atoms with Gasteiger partial charge < -0.3 is 5.32 Å². The van der Waals surface area contributed by atoms with E-state index in [1.165, 1.54) is 44.2 Å². The van der Waals surface area contributed by atoms with E-state index in [0.717, 1.165) is 0 Å². The number of benzene rings is 1. The molecule has 1 N–H and O–H groups in total. The van der Waals surface area contributed by atoms with Gasteiger partial charge in [-0.3, -0.25) is 0 Å². The minimum atomic E-state index is 0.383. The zero-order valence-corrected chi connectivity index (χ0v) is 9.63. The van der Waals surface area contributed by atoms with Crippen LogP contribution in [-0.4, -0.2) is 12.1 Å². The Labute approximate surface area is 92.9 Å². The van der Waals surface area contributed by atoms with E-state index in [1.807, 2.05) is 0 Å². The number of piperidine rings is 1. The van der Waals surface area contributed by atoms with Crippen LogP contribution in [0.2, 0.25) is 0 Å². The molecule has 0 aliphatic carbocycles. The van der Waals surface area contributed by atoms with E-state index in [2.05, 4.69) is 42.6 Å². The van der Waals surface area contributed by atoms with Crippen LogP contribution < -0.4 is 5.32 Å². The Bertz CT molecular complexity index is 285. The van der Waals surface area contributed by atoms with Crippen molar-refractivity contribution < 1.29 is 0 Å². The highest BCUT2D eigenvalue weighted by molar-refractivity contribution is 5.15. The normalized spacial score (nSPS) is 26.5. The first-order valence-corrected chi connectivity index (χ1v) is 6.07. The summed E-state index contributed by atoms with van der Waals surface area (Å²) < 4.78 is 0. The average Bonchev–Trinajstić information content (AvgIpc) is 2.29. The molecule has 0 spiro atoms. The predicted molar refractivity (Wildman–Crippen MR) is 65.0 cm³/mol. The first-order chi connectivity index (χ1) is 7.29. The minimum Gasteiger partial charge on any atom is -0.312 e. The zero-order chi connectivity index (χ0) is 10.6. The third-order valence-electron chi connectivity index (χ3n) is 3.52. The molecule has 1 aliphatic heterocycles. The molecule has 0 amide bonds. The Morgan fingerprint density at radius 3 is 2.67 bits per heavy atom. The average molecular weight is 203 g/mol. The lowest BCUT2D eigenvalue weighted by Crippen LogP contribution is -2.46. The molecule has 1 heteroatoms. The number of nitrogens with one attached hydrogen (secondary N) is 1. The lowest BCUT2D eigenvalue weighted by atomic mass is 9.85. The van der Waals surface area contributed by atoms with Crippen LogP contribution in [0.5, 0.6) is 0 Å². The van der Waals surface area contributed by atoms with Gasteiger partial charge in [-0.05, 0) is 44.7 Å². The van der Waals surface area contributed by atoms with Crippen LogP contribution >= 0.6 is 0 Å². The Kier molecular flexibility index (Phi) is 3.42. The summed E-state index contributed by atoms with van der Waals surface area (Å²) >= 11 is 0. The third kappa shape index (κ3) is 3.07. The molecule has 0 aromatic heterocycles. The van der Waals surface area contributed by atoms with E-state index in [0.29, 0.717) is 5.54 Å². The molecule has 1 aromatic rings. The maximum atomic E-state index is 3.67. The van der Waals surface area contributed by atoms with Crippen molar-refractivity contribution in [3.8, 4) is 0 Å². The van der Waals surface area contributed by atoms with Crippen LogP contribution in [0, 0.1) is 0 Å². The van der Waals surface area contributed by atoms with Gasteiger partial charge in [-0.2, -0.15) is 0 Å². The van der Waals surface area contributed by atoms with Crippen molar-refractivity contribution in [1.82, 2.24) is 5.32 Å². The van der Waals surface area contributed by atoms with Crippen LogP contribution in [0.4, 0.5) is 0 Å². The first-order valence-electron chi connectivity index (χ1n) is 6.07. The molecular formula is C14H21N. The summed E-state index contributed by atoms with van der Waals surface area (Å²) in [7, 11) is 0. The van der Waals surface area contributed by atoms with Gasteiger partial charge >= 0.3 is 0 Å². The highest BCUT2D eigenvalue weighted by Gasteiger charge is 2.25. The number of aryl methyl sites for hydroxylation is 1. The molecule has 1 fully saturated rings. The van der Waals surface area contributed by atoms with Crippen molar-refractivity contribution in [1.29, 1.82) is 0 Å². The molecule has 0 bridgehead atoms. The second-order valence-electron chi connectivity index (χ2n) is 4.93. The van der Waals surface area contributed by atoms with E-state index >= 15 is 0 Å². The standard InChI is InChI=1S/C14H21N/c1-14(10-5-6-12-15-14)11-9-13-7-3-2-4-8-13/h2-4,7-8,15H,5-6,9-12H2,1H3. The number of hydrogen-bond donors (Lipinski definition) is 1. The molecule has 1 heterocycles. The molecule has 0 radical (unpaired) electrons. The van der Waals surface area contributed by atoms with E-state index in [9.17, 15) is 0 Å². The van der Waals surface area contributed by atoms with E-state index in [1.54, 1.807) is 0 Å². The van der Waals surface area contributed by atoms with Gasteiger partial charge in [-0.1, -0.05) is 36.8 Å². The smallest absolute Gasteiger partial charge is 0.0156 e. The van der Waals surface area contributed by atoms with Crippen LogP contribution in [0.15, 0.2) is 30.3 Å². The van der Waals surface area contributed by atoms with Gasteiger partial charge in [0.2, 0.25) is 0 Å². The van der Waals surface area contributed by atoms with Crippen molar-refractivity contribution in [2.24, 2.45) is 0 Å². The van der Waals surface area contributed by atoms with Gasteiger partial charge in [-0.25, -0.2) is 0 Å². The topological polar surface area (TPSA) is 12.0 Å². The summed E-state index contributed by atoms with van der Waals surface area (Å²) in [4.78, 5) is 0. The van der Waals surface area contributed by atoms with Crippen molar-refractivity contribution in [2.45, 2.75) is 44.6 Å². The van der Waals surface area contributed by atoms with E-state index < -0.39 is 0 Å². The van der Waals surface area contributed by atoms with Crippen LogP contribution in [0.25, 0.3) is 0 Å². The van der Waals surface area contributed by atoms with Gasteiger partial charge in [-0.15, -0.1) is 0 Å². The van der Waals surface area contributed by atoms with Crippen LogP contribution in [-0.2, 0) is 6.42 Å². The van der Waals surface area contributed by atoms with Gasteiger partial charge in [0.25, 0.3) is 0 Å². The fraction of sp³-hybridized carbons (Fsp3) is 0.571. The molecule has 1 unspecified atom stereocenters. The summed E-state index contributed by atoms with van der Waals surface area (Å²) in [6.07, 6.45) is 6.53. The summed E-state index contributed by atoms with van der Waals surface area (Å²) in [6.45, 7) is 3.57. The molecule has 0 saturated carbocycles. The monoisotopic (exact) mass is 203 g/mol. The van der Waals surface area contributed by atoms with Gasteiger partial charge in [0, 0.05) is 5.54 Å². The molecule has 2 rings (SSSR count). The lowest BCUT2D eigenvalue weighted by molar-refractivity contribution is 0.261. The highest BCUT2D eigenvalue weighted by Crippen LogP contribution is 2.23. The lowest BCUT2D eigenvalue weighted by Gasteiger charge is -2.35. The van der Waals surface area contributed by atoms with Crippen molar-refractivity contribution in [3.63, 3.8) is 0 Å². The quantitative estimate of drug-likeness (QED) is 0.795. The molecule has 1 aliphatic rings. The summed E-state index contributed by atoms with van der Waals surface area (Å²) in [5.74, 6) is 0. The van der Waals surface area contributed by atoms with E-state index in [-0.39, 0.29) is 0 Å². The Hall–Kier alpha value is -0.820. The van der Waals surface area contributed by atoms with Crippen LogP contribution in [0.1, 0.15) is 38.2 Å². The summed E-state index contributed by atoms with van der Waals surface area (Å²) in [6, 6.07) is 10.8. The second kappa shape index (κ2) is 4.80. The third-order valence-corrected chi connectivity index (χ3v) is 3.52. The van der Waals surface area contributed by atoms with Crippen molar-refractivity contribution in [3.05, 3.63) is 35.9 Å². The zero-order valence-electron chi connectivity index (χ0n) is 9.63. The molecule has 15 heavy (non-hydrogen) atoms. The molecule has 1 nitrogen and oxygen atoms in total. The first kappa shape index (κ1) is 10.7. The molecule has 1 aromatic carbocycles. The highest BCUT2D eigenvalue weighted by atomic mass is 15.0. The Morgan fingerprint density at radius 1 is 1.20 bits per heavy atom. The minimum absolute atomic E-state index is 0.383. The second-order valence-corrected chi connectivity index (χ2v) is 4.93. The molecule has 1 saturated heterocycles. The number of rotatable bonds is 3. The van der Waals surface area contributed by atoms with Gasteiger partial charge in [0.05, 0.1) is 0 Å². The van der Waals surface area contributed by atoms with Crippen LogP contribution in [0.3, 0.4) is 0 Å². The maximum absolute atomic E-state index is 3.67. The fourth-order valence-electron chi connectivity index (χ4n) is 2.40. The van der Waals surface area contributed by atoms with Gasteiger partial charge in [0.1, 0.15) is 0 Å².